The van der Waals surface area contributed by atoms with Gasteiger partial charge in [-0.05, 0) is 44.2 Å². The van der Waals surface area contributed by atoms with Gasteiger partial charge in [-0.25, -0.2) is 18.2 Å². The van der Waals surface area contributed by atoms with Crippen LogP contribution in [0.1, 0.15) is 25.0 Å². The van der Waals surface area contributed by atoms with Crippen LogP contribution >= 0.6 is 11.6 Å². The van der Waals surface area contributed by atoms with Gasteiger partial charge in [0.15, 0.2) is 0 Å². The number of halogens is 4. The molecule has 0 fully saturated rings. The molecule has 1 aliphatic heterocycles. The summed E-state index contributed by atoms with van der Waals surface area (Å²) in [7, 11) is -2.19. The minimum atomic E-state index is -4.68. The van der Waals surface area contributed by atoms with E-state index in [2.05, 4.69) is 10.4 Å². The first kappa shape index (κ1) is 28.3. The second kappa shape index (κ2) is 10.2. The van der Waals surface area contributed by atoms with Crippen molar-refractivity contribution in [2.75, 3.05) is 36.1 Å². The average molecular weight is 561 g/mol. The van der Waals surface area contributed by atoms with E-state index in [1.807, 2.05) is 0 Å². The molecule has 0 radical (unpaired) electrons. The molecule has 1 aliphatic rings. The fourth-order valence-electron chi connectivity index (χ4n) is 3.64. The van der Waals surface area contributed by atoms with Gasteiger partial charge in [-0.3, -0.25) is 9.10 Å². The molecule has 1 heterocycles. The van der Waals surface area contributed by atoms with E-state index < -0.39 is 44.2 Å². The molecule has 14 heteroatoms. The zero-order chi connectivity index (χ0) is 27.8. The lowest BCUT2D eigenvalue weighted by molar-refractivity contribution is -0.150. The Bertz CT molecular complexity index is 1370. The average Bonchev–Trinajstić information content (AvgIpc) is 3.16. The highest BCUT2D eigenvalue weighted by Crippen LogP contribution is 2.38. The Labute approximate surface area is 216 Å². The molecule has 0 bridgehead atoms. The Balaban J connectivity index is 1.96. The fraction of sp³-hybridized carbons (Fsp3) is 0.348. The van der Waals surface area contributed by atoms with Crippen molar-refractivity contribution in [1.82, 2.24) is 5.01 Å². The van der Waals surface area contributed by atoms with E-state index in [1.54, 1.807) is 6.92 Å². The molecule has 0 aromatic heterocycles. The predicted molar refractivity (Wildman–Crippen MR) is 133 cm³/mol. The van der Waals surface area contributed by atoms with Crippen molar-refractivity contribution in [2.45, 2.75) is 20.0 Å². The summed E-state index contributed by atoms with van der Waals surface area (Å²) >= 11 is 5.87. The topological polar surface area (TPSA) is 108 Å². The monoisotopic (exact) mass is 560 g/mol. The number of hydrogen-bond acceptors (Lipinski definition) is 6. The van der Waals surface area contributed by atoms with Crippen LogP contribution in [-0.2, 0) is 25.7 Å². The van der Waals surface area contributed by atoms with Crippen LogP contribution in [0.25, 0.3) is 0 Å². The summed E-state index contributed by atoms with van der Waals surface area (Å²) in [6.07, 6.45) is -3.65. The number of benzene rings is 2. The summed E-state index contributed by atoms with van der Waals surface area (Å²) in [5.74, 6) is -0.725. The van der Waals surface area contributed by atoms with E-state index in [1.165, 1.54) is 38.2 Å². The smallest absolute Gasteiger partial charge is 0.417 e. The molecule has 0 spiro atoms. The molecule has 37 heavy (non-hydrogen) atoms. The number of alkyl halides is 3. The zero-order valence-electron chi connectivity index (χ0n) is 20.3. The second-order valence-corrected chi connectivity index (χ2v) is 10.9. The number of amides is 2. The van der Waals surface area contributed by atoms with E-state index in [-0.39, 0.29) is 30.1 Å². The highest BCUT2D eigenvalue weighted by atomic mass is 35.5. The predicted octanol–water partition coefficient (Wildman–Crippen LogP) is 4.58. The number of rotatable bonds is 6. The van der Waals surface area contributed by atoms with Gasteiger partial charge in [0.05, 0.1) is 41.4 Å². The fourth-order valence-corrected chi connectivity index (χ4v) is 4.42. The molecule has 0 saturated heterocycles. The SMILES string of the molecule is CCOC(=O)C1(C)CN(C(=O)Nc2cccc(N(C)S(C)(=O)=O)c2)N=C1c1ccc(C(F)(F)F)c(Cl)c1. The van der Waals surface area contributed by atoms with Gasteiger partial charge in [-0.15, -0.1) is 0 Å². The minimum Gasteiger partial charge on any atom is -0.465 e. The molecule has 0 saturated carbocycles. The number of esters is 1. The van der Waals surface area contributed by atoms with Crippen LogP contribution in [0.2, 0.25) is 5.02 Å². The van der Waals surface area contributed by atoms with Crippen LogP contribution in [0, 0.1) is 5.41 Å². The van der Waals surface area contributed by atoms with Crippen molar-refractivity contribution < 1.29 is 35.9 Å². The van der Waals surface area contributed by atoms with Crippen molar-refractivity contribution >= 4 is 50.7 Å². The van der Waals surface area contributed by atoms with E-state index in [0.717, 1.165) is 33.8 Å². The van der Waals surface area contributed by atoms with E-state index in [0.29, 0.717) is 5.69 Å². The van der Waals surface area contributed by atoms with Crippen LogP contribution in [0.4, 0.5) is 29.3 Å². The normalized spacial score (nSPS) is 17.8. The number of carbonyl (C=O) groups excluding carboxylic acids is 2. The van der Waals surface area contributed by atoms with E-state index in [9.17, 15) is 31.2 Å². The lowest BCUT2D eigenvalue weighted by Crippen LogP contribution is -2.42. The third-order valence-corrected chi connectivity index (χ3v) is 7.19. The maximum atomic E-state index is 13.2. The number of hydrogen-bond donors (Lipinski definition) is 1. The lowest BCUT2D eigenvalue weighted by Gasteiger charge is -2.24. The molecule has 2 amide bonds. The molecular weight excluding hydrogens is 537 g/mol. The standard InChI is InChI=1S/C23H24ClF3N4O5S/c1-5-36-20(32)22(2)13-31(29-19(22)14-9-10-17(18(24)11-14)23(25,26)27)21(33)28-15-7-6-8-16(12-15)30(3)37(4,34)35/h6-12H,5,13H2,1-4H3,(H,28,33). The first-order valence-corrected chi connectivity index (χ1v) is 13.1. The summed E-state index contributed by atoms with van der Waals surface area (Å²) in [5.41, 5.74) is -1.90. The number of nitrogens with one attached hydrogen (secondary N) is 1. The van der Waals surface area contributed by atoms with E-state index in [4.69, 9.17) is 16.3 Å². The van der Waals surface area contributed by atoms with Crippen molar-refractivity contribution in [3.05, 3.63) is 58.6 Å². The summed E-state index contributed by atoms with van der Waals surface area (Å²) in [6.45, 7) is 2.81. The van der Waals surface area contributed by atoms with Gasteiger partial charge < -0.3 is 10.1 Å². The molecule has 0 aliphatic carbocycles. The second-order valence-electron chi connectivity index (χ2n) is 8.46. The van der Waals surface area contributed by atoms with Gasteiger partial charge in [0, 0.05) is 18.3 Å². The van der Waals surface area contributed by atoms with Crippen LogP contribution in [0.5, 0.6) is 0 Å². The quantitative estimate of drug-likeness (QED) is 0.520. The molecule has 1 atom stereocenters. The third kappa shape index (κ3) is 5.99. The van der Waals surface area contributed by atoms with Gasteiger partial charge in [-0.1, -0.05) is 23.7 Å². The Morgan fingerprint density at radius 1 is 1.24 bits per heavy atom. The largest absolute Gasteiger partial charge is 0.465 e. The first-order chi connectivity index (χ1) is 17.1. The van der Waals surface area contributed by atoms with Crippen LogP contribution in [-0.4, -0.2) is 57.6 Å². The molecular formula is C23H24ClF3N4O5S. The number of anilines is 2. The Morgan fingerprint density at radius 3 is 2.49 bits per heavy atom. The van der Waals surface area contributed by atoms with Gasteiger partial charge in [-0.2, -0.15) is 18.3 Å². The Kier molecular flexibility index (Phi) is 7.80. The first-order valence-electron chi connectivity index (χ1n) is 10.8. The van der Waals surface area contributed by atoms with E-state index >= 15 is 0 Å². The number of ether oxygens (including phenoxy) is 1. The maximum absolute atomic E-state index is 13.2. The third-order valence-electron chi connectivity index (χ3n) is 5.68. The minimum absolute atomic E-state index is 0.00212. The molecule has 2 aromatic carbocycles. The number of sulfonamides is 1. The summed E-state index contributed by atoms with van der Waals surface area (Å²) < 4.78 is 69.4. The molecule has 2 aromatic rings. The summed E-state index contributed by atoms with van der Waals surface area (Å²) in [4.78, 5) is 25.9. The van der Waals surface area contributed by atoms with Crippen LogP contribution in [0.3, 0.4) is 0 Å². The highest BCUT2D eigenvalue weighted by Gasteiger charge is 2.49. The molecule has 200 valence electrons. The molecule has 9 nitrogen and oxygen atoms in total. The van der Waals surface area contributed by atoms with Crippen LogP contribution < -0.4 is 9.62 Å². The van der Waals surface area contributed by atoms with Gasteiger partial charge in [0.1, 0.15) is 5.41 Å². The number of nitrogens with zero attached hydrogens (tertiary/aromatic N) is 3. The molecule has 1 N–H and O–H groups in total. The van der Waals surface area contributed by atoms with Crippen LogP contribution in [0.15, 0.2) is 47.6 Å². The number of carbonyl (C=O) groups is 2. The van der Waals surface area contributed by atoms with Gasteiger partial charge in [0.25, 0.3) is 0 Å². The Hall–Kier alpha value is -3.32. The Morgan fingerprint density at radius 2 is 1.92 bits per heavy atom. The molecule has 3 rings (SSSR count). The van der Waals surface area contributed by atoms with Gasteiger partial charge >= 0.3 is 18.2 Å². The van der Waals surface area contributed by atoms with Crippen molar-refractivity contribution in [1.29, 1.82) is 0 Å². The summed E-state index contributed by atoms with van der Waals surface area (Å²) in [5, 5.41) is 7.17. The maximum Gasteiger partial charge on any atom is 0.417 e. The van der Waals surface area contributed by atoms with Gasteiger partial charge in [0.2, 0.25) is 10.0 Å². The lowest BCUT2D eigenvalue weighted by atomic mass is 9.82. The van der Waals surface area contributed by atoms with Crippen molar-refractivity contribution in [3.8, 4) is 0 Å². The highest BCUT2D eigenvalue weighted by molar-refractivity contribution is 7.92. The number of hydrazone groups is 1. The van der Waals surface area contributed by atoms with Crippen molar-refractivity contribution in [3.63, 3.8) is 0 Å². The molecule has 1 unspecified atom stereocenters. The van der Waals surface area contributed by atoms with Crippen molar-refractivity contribution in [2.24, 2.45) is 10.5 Å². The summed E-state index contributed by atoms with van der Waals surface area (Å²) in [6, 6.07) is 8.20. The number of urea groups is 1. The zero-order valence-corrected chi connectivity index (χ0v) is 21.8.